The highest BCUT2D eigenvalue weighted by molar-refractivity contribution is 6.31. The van der Waals surface area contributed by atoms with Crippen LogP contribution in [0, 0.1) is 5.92 Å². The number of aliphatic hydroxyl groups excluding tert-OH is 1. The van der Waals surface area contributed by atoms with Crippen LogP contribution in [0.25, 0.3) is 11.0 Å². The Labute approximate surface area is 129 Å². The number of aromatic nitrogens is 2. The van der Waals surface area contributed by atoms with E-state index in [9.17, 15) is 5.11 Å². The maximum Gasteiger partial charge on any atom is 0.126 e. The zero-order valence-corrected chi connectivity index (χ0v) is 13.0. The van der Waals surface area contributed by atoms with E-state index in [1.165, 1.54) is 0 Å². The highest BCUT2D eigenvalue weighted by atomic mass is 35.5. The maximum absolute atomic E-state index is 9.19. The zero-order valence-electron chi connectivity index (χ0n) is 12.3. The summed E-state index contributed by atoms with van der Waals surface area (Å²) in [5.41, 5.74) is 2.00. The monoisotopic (exact) mass is 305 g/mol. The summed E-state index contributed by atoms with van der Waals surface area (Å²) in [7, 11) is 2.03. The first-order valence-corrected chi connectivity index (χ1v) is 7.63. The van der Waals surface area contributed by atoms with Crippen molar-refractivity contribution in [1.82, 2.24) is 14.9 Å². The molecule has 1 heterocycles. The largest absolute Gasteiger partial charge is 0.396 e. The third-order valence-electron chi connectivity index (χ3n) is 4.14. The van der Waals surface area contributed by atoms with Gasteiger partial charge in [-0.2, -0.15) is 0 Å². The second-order valence-electron chi connectivity index (χ2n) is 5.72. The Morgan fingerprint density at radius 2 is 2.29 bits per heavy atom. The van der Waals surface area contributed by atoms with Gasteiger partial charge in [-0.05, 0) is 31.5 Å². The van der Waals surface area contributed by atoms with Gasteiger partial charge in [0.25, 0.3) is 0 Å². The molecule has 0 bridgehead atoms. The Bertz CT molecular complexity index is 679. The number of halogens is 1. The minimum absolute atomic E-state index is 0.133. The van der Waals surface area contributed by atoms with E-state index in [1.807, 2.05) is 25.2 Å². The van der Waals surface area contributed by atoms with Crippen molar-refractivity contribution in [2.24, 2.45) is 13.0 Å². The molecule has 0 fully saturated rings. The summed E-state index contributed by atoms with van der Waals surface area (Å²) in [6, 6.07) is 6.20. The van der Waals surface area contributed by atoms with Gasteiger partial charge < -0.3 is 15.0 Å². The lowest BCUT2D eigenvalue weighted by Gasteiger charge is -2.19. The normalized spacial score (nSPS) is 23.0. The fourth-order valence-electron chi connectivity index (χ4n) is 3.01. The molecule has 1 aromatic carbocycles. The molecule has 1 aromatic heterocycles. The molecule has 0 saturated carbocycles. The number of nitrogens with one attached hydrogen (secondary N) is 1. The SMILES string of the molecule is CC(N[C@@H]1C=C[C@H](CO)C1)c1nc2cc(Cl)ccc2n1C. The molecule has 4 nitrogen and oxygen atoms in total. The molecule has 112 valence electrons. The van der Waals surface area contributed by atoms with Crippen LogP contribution in [0.4, 0.5) is 0 Å². The van der Waals surface area contributed by atoms with Crippen molar-refractivity contribution in [3.05, 3.63) is 41.2 Å². The first-order valence-electron chi connectivity index (χ1n) is 7.25. The Morgan fingerprint density at radius 1 is 1.48 bits per heavy atom. The summed E-state index contributed by atoms with van der Waals surface area (Å²) in [5, 5.41) is 13.5. The highest BCUT2D eigenvalue weighted by Gasteiger charge is 2.22. The van der Waals surface area contributed by atoms with Gasteiger partial charge in [0.15, 0.2) is 0 Å². The number of aryl methyl sites for hydroxylation is 1. The fraction of sp³-hybridized carbons (Fsp3) is 0.438. The van der Waals surface area contributed by atoms with Gasteiger partial charge in [-0.3, -0.25) is 0 Å². The Hall–Kier alpha value is -1.36. The number of nitrogens with zero attached hydrogens (tertiary/aromatic N) is 2. The van der Waals surface area contributed by atoms with Crippen molar-refractivity contribution in [3.63, 3.8) is 0 Å². The van der Waals surface area contributed by atoms with Crippen LogP contribution in [-0.2, 0) is 7.05 Å². The van der Waals surface area contributed by atoms with E-state index in [1.54, 1.807) is 0 Å². The van der Waals surface area contributed by atoms with Crippen LogP contribution in [0.1, 0.15) is 25.2 Å². The van der Waals surface area contributed by atoms with Crippen molar-refractivity contribution >= 4 is 22.6 Å². The molecule has 1 aliphatic rings. The number of benzene rings is 1. The molecule has 2 aromatic rings. The van der Waals surface area contributed by atoms with E-state index in [-0.39, 0.29) is 18.6 Å². The fourth-order valence-corrected chi connectivity index (χ4v) is 3.17. The molecule has 5 heteroatoms. The summed E-state index contributed by atoms with van der Waals surface area (Å²) < 4.78 is 2.10. The number of hydrogen-bond donors (Lipinski definition) is 2. The standard InChI is InChI=1S/C16H20ClN3O/c1-10(18-13-5-3-11(7-13)9-21)16-19-14-8-12(17)4-6-15(14)20(16)2/h3-6,8,10-11,13,18,21H,7,9H2,1-2H3/t10?,11-,13+/m0/s1. The van der Waals surface area contributed by atoms with E-state index >= 15 is 0 Å². The smallest absolute Gasteiger partial charge is 0.126 e. The summed E-state index contributed by atoms with van der Waals surface area (Å²) in [5.74, 6) is 1.27. The zero-order chi connectivity index (χ0) is 15.0. The first-order chi connectivity index (χ1) is 10.1. The third-order valence-corrected chi connectivity index (χ3v) is 4.37. The van der Waals surface area contributed by atoms with Gasteiger partial charge in [0.2, 0.25) is 0 Å². The first kappa shape index (κ1) is 14.6. The minimum atomic E-state index is 0.133. The number of imidazole rings is 1. The van der Waals surface area contributed by atoms with Crippen molar-refractivity contribution in [2.75, 3.05) is 6.61 Å². The van der Waals surface area contributed by atoms with Crippen LogP contribution in [0.5, 0.6) is 0 Å². The molecular weight excluding hydrogens is 286 g/mol. The summed E-state index contributed by atoms with van der Waals surface area (Å²) >= 11 is 6.03. The Morgan fingerprint density at radius 3 is 3.00 bits per heavy atom. The number of rotatable bonds is 4. The summed E-state index contributed by atoms with van der Waals surface area (Å²) in [4.78, 5) is 4.70. The maximum atomic E-state index is 9.19. The molecule has 21 heavy (non-hydrogen) atoms. The lowest BCUT2D eigenvalue weighted by atomic mass is 10.1. The van der Waals surface area contributed by atoms with E-state index in [0.29, 0.717) is 11.1 Å². The predicted octanol–water partition coefficient (Wildman–Crippen LogP) is 2.81. The van der Waals surface area contributed by atoms with Crippen molar-refractivity contribution < 1.29 is 5.11 Å². The second kappa shape index (κ2) is 5.79. The third kappa shape index (κ3) is 2.84. The summed E-state index contributed by atoms with van der Waals surface area (Å²) in [6.45, 7) is 2.33. The molecule has 2 N–H and O–H groups in total. The molecule has 0 aliphatic heterocycles. The quantitative estimate of drug-likeness (QED) is 0.854. The molecule has 0 spiro atoms. The minimum Gasteiger partial charge on any atom is -0.396 e. The van der Waals surface area contributed by atoms with Crippen LogP contribution < -0.4 is 5.32 Å². The lowest BCUT2D eigenvalue weighted by Crippen LogP contribution is -2.30. The molecule has 0 amide bonds. The van der Waals surface area contributed by atoms with Crippen LogP contribution in [0.3, 0.4) is 0 Å². The molecule has 1 aliphatic carbocycles. The van der Waals surface area contributed by atoms with Crippen LogP contribution in [0.15, 0.2) is 30.4 Å². The van der Waals surface area contributed by atoms with Gasteiger partial charge in [0, 0.05) is 30.6 Å². The summed E-state index contributed by atoms with van der Waals surface area (Å²) in [6.07, 6.45) is 5.16. The number of aliphatic hydroxyl groups is 1. The predicted molar refractivity (Wildman–Crippen MR) is 85.4 cm³/mol. The van der Waals surface area contributed by atoms with E-state index in [4.69, 9.17) is 16.6 Å². The second-order valence-corrected chi connectivity index (χ2v) is 6.16. The Balaban J connectivity index is 1.80. The number of hydrogen-bond acceptors (Lipinski definition) is 3. The molecule has 0 radical (unpaired) electrons. The van der Waals surface area contributed by atoms with Gasteiger partial charge in [0.1, 0.15) is 5.82 Å². The average molecular weight is 306 g/mol. The van der Waals surface area contributed by atoms with Gasteiger partial charge in [0.05, 0.1) is 17.1 Å². The Kier molecular flexibility index (Phi) is 4.02. The highest BCUT2D eigenvalue weighted by Crippen LogP contribution is 2.24. The lowest BCUT2D eigenvalue weighted by molar-refractivity contribution is 0.244. The van der Waals surface area contributed by atoms with Crippen molar-refractivity contribution in [2.45, 2.75) is 25.4 Å². The van der Waals surface area contributed by atoms with E-state index in [2.05, 4.69) is 29.0 Å². The average Bonchev–Trinajstić information content (AvgIpc) is 3.03. The van der Waals surface area contributed by atoms with Crippen LogP contribution in [-0.4, -0.2) is 27.3 Å². The molecular formula is C16H20ClN3O. The van der Waals surface area contributed by atoms with Gasteiger partial charge in [-0.15, -0.1) is 0 Å². The van der Waals surface area contributed by atoms with Gasteiger partial charge in [-0.25, -0.2) is 4.98 Å². The van der Waals surface area contributed by atoms with Crippen molar-refractivity contribution in [1.29, 1.82) is 0 Å². The van der Waals surface area contributed by atoms with Gasteiger partial charge >= 0.3 is 0 Å². The molecule has 3 rings (SSSR count). The van der Waals surface area contributed by atoms with Gasteiger partial charge in [-0.1, -0.05) is 23.8 Å². The topological polar surface area (TPSA) is 50.1 Å². The van der Waals surface area contributed by atoms with Crippen LogP contribution in [0.2, 0.25) is 5.02 Å². The molecule has 3 atom stereocenters. The number of fused-ring (bicyclic) bond motifs is 1. The molecule has 0 saturated heterocycles. The van der Waals surface area contributed by atoms with Crippen molar-refractivity contribution in [3.8, 4) is 0 Å². The van der Waals surface area contributed by atoms with E-state index in [0.717, 1.165) is 23.3 Å². The van der Waals surface area contributed by atoms with Crippen LogP contribution >= 0.6 is 11.6 Å². The van der Waals surface area contributed by atoms with E-state index < -0.39 is 0 Å². The molecule has 1 unspecified atom stereocenters.